The van der Waals surface area contributed by atoms with Crippen LogP contribution in [0.5, 0.6) is 0 Å². The average molecular weight is 282 g/mol. The summed E-state index contributed by atoms with van der Waals surface area (Å²) in [5.41, 5.74) is 1.35. The minimum atomic E-state index is 0.648. The Balaban J connectivity index is 1.84. The third-order valence-corrected chi connectivity index (χ3v) is 4.45. The number of hydrogen-bond donors (Lipinski definition) is 1. The van der Waals surface area contributed by atoms with Crippen LogP contribution < -0.4 is 5.32 Å². The third-order valence-electron chi connectivity index (χ3n) is 3.68. The second-order valence-corrected chi connectivity index (χ2v) is 5.66. The Labute approximate surface area is 107 Å². The van der Waals surface area contributed by atoms with Gasteiger partial charge in [-0.15, -0.1) is 0 Å². The van der Waals surface area contributed by atoms with E-state index in [9.17, 15) is 0 Å². The minimum absolute atomic E-state index is 0.648. The van der Waals surface area contributed by atoms with Crippen molar-refractivity contribution in [2.24, 2.45) is 5.92 Å². The van der Waals surface area contributed by atoms with Gasteiger partial charge in [-0.1, -0.05) is 47.0 Å². The van der Waals surface area contributed by atoms with E-state index in [1.807, 2.05) is 0 Å². The van der Waals surface area contributed by atoms with Crippen LogP contribution in [0.15, 0.2) is 28.7 Å². The van der Waals surface area contributed by atoms with Crippen LogP contribution in [0.1, 0.15) is 38.2 Å². The summed E-state index contributed by atoms with van der Waals surface area (Å²) in [6, 6.07) is 9.10. The van der Waals surface area contributed by atoms with Crippen LogP contribution in [-0.4, -0.2) is 6.04 Å². The highest BCUT2D eigenvalue weighted by Crippen LogP contribution is 2.27. The zero-order valence-electron chi connectivity index (χ0n) is 9.88. The molecule has 0 amide bonds. The Morgan fingerprint density at radius 2 is 2.00 bits per heavy atom. The van der Waals surface area contributed by atoms with Crippen molar-refractivity contribution in [3.8, 4) is 0 Å². The van der Waals surface area contributed by atoms with Crippen molar-refractivity contribution in [1.29, 1.82) is 0 Å². The van der Waals surface area contributed by atoms with Crippen molar-refractivity contribution in [2.75, 3.05) is 0 Å². The maximum Gasteiger partial charge on any atom is 0.0220 e. The first kappa shape index (κ1) is 12.1. The fourth-order valence-electron chi connectivity index (χ4n) is 2.54. The molecule has 1 aliphatic carbocycles. The highest BCUT2D eigenvalue weighted by atomic mass is 79.9. The SMILES string of the molecule is CC(NCc1ccccc1Br)C1CCCC1. The van der Waals surface area contributed by atoms with Crippen molar-refractivity contribution in [3.63, 3.8) is 0 Å². The predicted molar refractivity (Wildman–Crippen MR) is 72.4 cm³/mol. The van der Waals surface area contributed by atoms with Crippen molar-refractivity contribution in [2.45, 2.75) is 45.2 Å². The molecule has 1 aliphatic rings. The fourth-order valence-corrected chi connectivity index (χ4v) is 2.96. The van der Waals surface area contributed by atoms with Crippen LogP contribution in [0, 0.1) is 5.92 Å². The number of rotatable bonds is 4. The molecule has 1 N–H and O–H groups in total. The zero-order valence-corrected chi connectivity index (χ0v) is 11.5. The van der Waals surface area contributed by atoms with Crippen LogP contribution in [0.4, 0.5) is 0 Å². The standard InChI is InChI=1S/C14H20BrN/c1-11(12-6-2-3-7-12)16-10-13-8-4-5-9-14(13)15/h4-5,8-9,11-12,16H,2-3,6-7,10H2,1H3. The van der Waals surface area contributed by atoms with Crippen LogP contribution in [0.2, 0.25) is 0 Å². The summed E-state index contributed by atoms with van der Waals surface area (Å²) < 4.78 is 1.21. The second-order valence-electron chi connectivity index (χ2n) is 4.81. The van der Waals surface area contributed by atoms with Crippen molar-refractivity contribution in [3.05, 3.63) is 34.3 Å². The van der Waals surface area contributed by atoms with Crippen LogP contribution in [0.25, 0.3) is 0 Å². The Bertz CT molecular complexity index is 331. The molecule has 1 fully saturated rings. The second kappa shape index (κ2) is 5.83. The summed E-state index contributed by atoms with van der Waals surface area (Å²) in [5, 5.41) is 3.65. The van der Waals surface area contributed by atoms with E-state index in [1.165, 1.54) is 35.7 Å². The zero-order chi connectivity index (χ0) is 11.4. The van der Waals surface area contributed by atoms with Gasteiger partial charge in [0.05, 0.1) is 0 Å². The molecule has 0 spiro atoms. The molecule has 0 aliphatic heterocycles. The van der Waals surface area contributed by atoms with Gasteiger partial charge in [-0.3, -0.25) is 0 Å². The van der Waals surface area contributed by atoms with E-state index in [0.29, 0.717) is 6.04 Å². The van der Waals surface area contributed by atoms with Crippen molar-refractivity contribution >= 4 is 15.9 Å². The largest absolute Gasteiger partial charge is 0.310 e. The predicted octanol–water partition coefficient (Wildman–Crippen LogP) is 4.12. The smallest absolute Gasteiger partial charge is 0.0220 e. The van der Waals surface area contributed by atoms with Gasteiger partial charge in [-0.25, -0.2) is 0 Å². The molecule has 0 heterocycles. The van der Waals surface area contributed by atoms with Gasteiger partial charge in [-0.2, -0.15) is 0 Å². The number of halogens is 1. The number of hydrogen-bond acceptors (Lipinski definition) is 1. The van der Waals surface area contributed by atoms with Crippen molar-refractivity contribution < 1.29 is 0 Å². The van der Waals surface area contributed by atoms with E-state index in [0.717, 1.165) is 12.5 Å². The van der Waals surface area contributed by atoms with Crippen molar-refractivity contribution in [1.82, 2.24) is 5.32 Å². The first-order valence-corrected chi connectivity index (χ1v) is 7.03. The van der Waals surface area contributed by atoms with E-state index in [4.69, 9.17) is 0 Å². The minimum Gasteiger partial charge on any atom is -0.310 e. The lowest BCUT2D eigenvalue weighted by Gasteiger charge is -2.20. The summed E-state index contributed by atoms with van der Waals surface area (Å²) in [4.78, 5) is 0. The van der Waals surface area contributed by atoms with Gasteiger partial charge in [0.1, 0.15) is 0 Å². The Morgan fingerprint density at radius 1 is 1.31 bits per heavy atom. The molecule has 88 valence electrons. The summed E-state index contributed by atoms with van der Waals surface area (Å²) in [6.45, 7) is 3.30. The van der Waals surface area contributed by atoms with Gasteiger partial charge in [-0.05, 0) is 37.3 Å². The van der Waals surface area contributed by atoms with E-state index in [-0.39, 0.29) is 0 Å². The van der Waals surface area contributed by atoms with Crippen LogP contribution in [-0.2, 0) is 6.54 Å². The third kappa shape index (κ3) is 3.08. The molecule has 1 unspecified atom stereocenters. The summed E-state index contributed by atoms with van der Waals surface area (Å²) in [5.74, 6) is 0.891. The molecule has 2 heteroatoms. The Kier molecular flexibility index (Phi) is 4.42. The normalized spacial score (nSPS) is 18.9. The Morgan fingerprint density at radius 3 is 2.69 bits per heavy atom. The maximum atomic E-state index is 3.65. The van der Waals surface area contributed by atoms with Gasteiger partial charge in [0.15, 0.2) is 0 Å². The van der Waals surface area contributed by atoms with E-state index < -0.39 is 0 Å². The molecule has 1 saturated carbocycles. The fraction of sp³-hybridized carbons (Fsp3) is 0.571. The lowest BCUT2D eigenvalue weighted by atomic mass is 9.99. The molecule has 1 aromatic carbocycles. The monoisotopic (exact) mass is 281 g/mol. The molecule has 1 nitrogen and oxygen atoms in total. The lowest BCUT2D eigenvalue weighted by Crippen LogP contribution is -2.31. The summed E-state index contributed by atoms with van der Waals surface area (Å²) >= 11 is 3.59. The quantitative estimate of drug-likeness (QED) is 0.876. The molecule has 16 heavy (non-hydrogen) atoms. The Hall–Kier alpha value is -0.340. The molecule has 0 saturated heterocycles. The first-order valence-electron chi connectivity index (χ1n) is 6.24. The molecular formula is C14H20BrN. The highest BCUT2D eigenvalue weighted by Gasteiger charge is 2.20. The number of benzene rings is 1. The first-order chi connectivity index (χ1) is 7.77. The molecule has 1 aromatic rings. The molecule has 0 radical (unpaired) electrons. The van der Waals surface area contributed by atoms with Gasteiger partial charge in [0.2, 0.25) is 0 Å². The molecule has 0 bridgehead atoms. The lowest BCUT2D eigenvalue weighted by molar-refractivity contribution is 0.380. The van der Waals surface area contributed by atoms with Gasteiger partial charge >= 0.3 is 0 Å². The number of nitrogens with one attached hydrogen (secondary N) is 1. The van der Waals surface area contributed by atoms with Crippen LogP contribution >= 0.6 is 15.9 Å². The highest BCUT2D eigenvalue weighted by molar-refractivity contribution is 9.10. The molecule has 0 aromatic heterocycles. The summed E-state index contributed by atoms with van der Waals surface area (Å²) in [7, 11) is 0. The average Bonchev–Trinajstić information content (AvgIpc) is 2.81. The van der Waals surface area contributed by atoms with Gasteiger partial charge < -0.3 is 5.32 Å². The van der Waals surface area contributed by atoms with Crippen LogP contribution in [0.3, 0.4) is 0 Å². The van der Waals surface area contributed by atoms with E-state index in [2.05, 4.69) is 52.4 Å². The molecule has 1 atom stereocenters. The summed E-state index contributed by atoms with van der Waals surface area (Å²) in [6.07, 6.45) is 5.66. The van der Waals surface area contributed by atoms with Gasteiger partial charge in [0, 0.05) is 17.1 Å². The van der Waals surface area contributed by atoms with E-state index >= 15 is 0 Å². The van der Waals surface area contributed by atoms with Gasteiger partial charge in [0.25, 0.3) is 0 Å². The van der Waals surface area contributed by atoms with E-state index in [1.54, 1.807) is 0 Å². The molecule has 2 rings (SSSR count). The maximum absolute atomic E-state index is 3.65. The molecular weight excluding hydrogens is 262 g/mol. The topological polar surface area (TPSA) is 12.0 Å².